The second kappa shape index (κ2) is 10.9. The number of amides is 1. The summed E-state index contributed by atoms with van der Waals surface area (Å²) < 4.78 is 10.9. The van der Waals surface area contributed by atoms with E-state index in [1.165, 1.54) is 5.56 Å². The second-order valence-corrected chi connectivity index (χ2v) is 6.59. The normalized spacial score (nSPS) is 10.4. The summed E-state index contributed by atoms with van der Waals surface area (Å²) >= 11 is 0. The maximum Gasteiger partial charge on any atom is 0.225 e. The second-order valence-electron chi connectivity index (χ2n) is 6.59. The molecule has 0 aliphatic rings. The molecule has 1 amide bonds. The molecule has 0 saturated heterocycles. The summed E-state index contributed by atoms with van der Waals surface area (Å²) in [6, 6.07) is 25.0. The highest BCUT2D eigenvalue weighted by molar-refractivity contribution is 5.90. The minimum atomic E-state index is -0.0151. The molecule has 0 unspecified atom stereocenters. The van der Waals surface area contributed by atoms with Crippen LogP contribution in [0.1, 0.15) is 12.0 Å². The molecule has 0 atom stereocenters. The van der Waals surface area contributed by atoms with Crippen molar-refractivity contribution in [3.05, 3.63) is 84.4 Å². The van der Waals surface area contributed by atoms with E-state index in [1.807, 2.05) is 66.7 Å². The number of para-hydroxylation sites is 1. The van der Waals surface area contributed by atoms with Gasteiger partial charge in [0.1, 0.15) is 17.2 Å². The molecule has 150 valence electrons. The Morgan fingerprint density at radius 2 is 1.45 bits per heavy atom. The van der Waals surface area contributed by atoms with Gasteiger partial charge in [-0.15, -0.1) is 0 Å². The van der Waals surface area contributed by atoms with Gasteiger partial charge in [-0.3, -0.25) is 4.79 Å². The molecule has 3 rings (SSSR count). The van der Waals surface area contributed by atoms with Gasteiger partial charge in [-0.05, 0) is 67.1 Å². The predicted molar refractivity (Wildman–Crippen MR) is 116 cm³/mol. The van der Waals surface area contributed by atoms with Gasteiger partial charge in [0.25, 0.3) is 0 Å². The number of anilines is 1. The minimum Gasteiger partial charge on any atom is -0.497 e. The van der Waals surface area contributed by atoms with Crippen LogP contribution in [0.15, 0.2) is 78.9 Å². The minimum absolute atomic E-state index is 0.0151. The molecule has 0 saturated carbocycles. The maximum absolute atomic E-state index is 12.1. The van der Waals surface area contributed by atoms with Gasteiger partial charge in [-0.1, -0.05) is 30.3 Å². The van der Waals surface area contributed by atoms with Gasteiger partial charge in [0.15, 0.2) is 0 Å². The van der Waals surface area contributed by atoms with E-state index >= 15 is 0 Å². The van der Waals surface area contributed by atoms with E-state index in [0.29, 0.717) is 13.0 Å². The Bertz CT molecular complexity index is 878. The molecule has 0 radical (unpaired) electrons. The predicted octanol–water partition coefficient (Wildman–Crippen LogP) is 4.65. The number of methoxy groups -OCH3 is 1. The largest absolute Gasteiger partial charge is 0.497 e. The standard InChI is InChI=1S/C24H26N2O3/c1-28-21-11-7-19(8-12-21)15-17-25-18-16-24(27)26-20-9-13-23(14-10-20)29-22-5-3-2-4-6-22/h2-14,25H,15-18H2,1H3,(H,26,27). The average molecular weight is 390 g/mol. The summed E-state index contributed by atoms with van der Waals surface area (Å²) in [5.74, 6) is 2.36. The van der Waals surface area contributed by atoms with E-state index in [4.69, 9.17) is 9.47 Å². The van der Waals surface area contributed by atoms with Crippen molar-refractivity contribution in [1.29, 1.82) is 0 Å². The molecule has 3 aromatic carbocycles. The number of rotatable bonds is 10. The molecule has 2 N–H and O–H groups in total. The van der Waals surface area contributed by atoms with Crippen molar-refractivity contribution in [3.63, 3.8) is 0 Å². The van der Waals surface area contributed by atoms with E-state index < -0.39 is 0 Å². The van der Waals surface area contributed by atoms with Crippen LogP contribution in [0.5, 0.6) is 17.2 Å². The first-order valence-corrected chi connectivity index (χ1v) is 9.69. The maximum atomic E-state index is 12.1. The zero-order chi connectivity index (χ0) is 20.3. The topological polar surface area (TPSA) is 59.6 Å². The molecule has 5 heteroatoms. The number of carbonyl (C=O) groups is 1. The number of hydrogen-bond donors (Lipinski definition) is 2. The lowest BCUT2D eigenvalue weighted by molar-refractivity contribution is -0.116. The van der Waals surface area contributed by atoms with E-state index in [0.717, 1.165) is 35.9 Å². The highest BCUT2D eigenvalue weighted by Gasteiger charge is 2.03. The van der Waals surface area contributed by atoms with E-state index in [1.54, 1.807) is 7.11 Å². The summed E-state index contributed by atoms with van der Waals surface area (Å²) in [6.07, 6.45) is 1.33. The van der Waals surface area contributed by atoms with Gasteiger partial charge in [-0.2, -0.15) is 0 Å². The Labute approximate surface area is 171 Å². The van der Waals surface area contributed by atoms with Crippen molar-refractivity contribution < 1.29 is 14.3 Å². The number of benzene rings is 3. The molecular formula is C24H26N2O3. The van der Waals surface area contributed by atoms with Gasteiger partial charge >= 0.3 is 0 Å². The van der Waals surface area contributed by atoms with Gasteiger partial charge < -0.3 is 20.1 Å². The fourth-order valence-corrected chi connectivity index (χ4v) is 2.81. The van der Waals surface area contributed by atoms with E-state index in [2.05, 4.69) is 22.8 Å². The smallest absolute Gasteiger partial charge is 0.225 e. The summed E-state index contributed by atoms with van der Waals surface area (Å²) in [7, 11) is 1.66. The van der Waals surface area contributed by atoms with E-state index in [9.17, 15) is 4.79 Å². The molecule has 0 aliphatic heterocycles. The van der Waals surface area contributed by atoms with Crippen LogP contribution >= 0.6 is 0 Å². The van der Waals surface area contributed by atoms with Crippen LogP contribution in [0.2, 0.25) is 0 Å². The monoisotopic (exact) mass is 390 g/mol. The SMILES string of the molecule is COc1ccc(CCNCCC(=O)Nc2ccc(Oc3ccccc3)cc2)cc1. The number of nitrogens with one attached hydrogen (secondary N) is 2. The first kappa shape index (κ1) is 20.4. The lowest BCUT2D eigenvalue weighted by atomic mass is 10.1. The quantitative estimate of drug-likeness (QED) is 0.495. The first-order valence-electron chi connectivity index (χ1n) is 9.69. The van der Waals surface area contributed by atoms with Crippen molar-refractivity contribution >= 4 is 11.6 Å². The summed E-state index contributed by atoms with van der Waals surface area (Å²) in [6.45, 7) is 1.46. The molecule has 0 aromatic heterocycles. The molecule has 0 fully saturated rings. The molecule has 0 heterocycles. The molecule has 5 nitrogen and oxygen atoms in total. The van der Waals surface area contributed by atoms with E-state index in [-0.39, 0.29) is 5.91 Å². The number of ether oxygens (including phenoxy) is 2. The molecular weight excluding hydrogens is 364 g/mol. The van der Waals surface area contributed by atoms with Crippen molar-refractivity contribution in [1.82, 2.24) is 5.32 Å². The Morgan fingerprint density at radius 3 is 2.14 bits per heavy atom. The third-order valence-electron chi connectivity index (χ3n) is 4.40. The van der Waals surface area contributed by atoms with Crippen LogP contribution in [0.4, 0.5) is 5.69 Å². The Hall–Kier alpha value is -3.31. The molecule has 0 bridgehead atoms. The highest BCUT2D eigenvalue weighted by Crippen LogP contribution is 2.22. The Balaban J connectivity index is 1.33. The van der Waals surface area contributed by atoms with Crippen molar-refractivity contribution in [2.24, 2.45) is 0 Å². The van der Waals surface area contributed by atoms with Gasteiger partial charge in [-0.25, -0.2) is 0 Å². The van der Waals surface area contributed by atoms with Crippen LogP contribution in [0.3, 0.4) is 0 Å². The summed E-state index contributed by atoms with van der Waals surface area (Å²) in [4.78, 5) is 12.1. The molecule has 29 heavy (non-hydrogen) atoms. The van der Waals surface area contributed by atoms with Crippen LogP contribution < -0.4 is 20.1 Å². The third-order valence-corrected chi connectivity index (χ3v) is 4.40. The van der Waals surface area contributed by atoms with Crippen molar-refractivity contribution in [2.45, 2.75) is 12.8 Å². The number of hydrogen-bond acceptors (Lipinski definition) is 4. The molecule has 0 aliphatic carbocycles. The first-order chi connectivity index (χ1) is 14.2. The van der Waals surface area contributed by atoms with Crippen molar-refractivity contribution in [3.8, 4) is 17.2 Å². The molecule has 0 spiro atoms. The van der Waals surface area contributed by atoms with Crippen LogP contribution in [0, 0.1) is 0 Å². The Morgan fingerprint density at radius 1 is 0.793 bits per heavy atom. The fourth-order valence-electron chi connectivity index (χ4n) is 2.81. The molecule has 3 aromatic rings. The van der Waals surface area contributed by atoms with Gasteiger partial charge in [0, 0.05) is 18.7 Å². The fraction of sp³-hybridized carbons (Fsp3) is 0.208. The Kier molecular flexibility index (Phi) is 7.66. The number of carbonyl (C=O) groups excluding carboxylic acids is 1. The third kappa shape index (κ3) is 6.97. The van der Waals surface area contributed by atoms with Crippen LogP contribution in [0.25, 0.3) is 0 Å². The average Bonchev–Trinajstić information content (AvgIpc) is 2.76. The highest BCUT2D eigenvalue weighted by atomic mass is 16.5. The zero-order valence-electron chi connectivity index (χ0n) is 16.6. The lowest BCUT2D eigenvalue weighted by Gasteiger charge is -2.09. The van der Waals surface area contributed by atoms with Crippen molar-refractivity contribution in [2.75, 3.05) is 25.5 Å². The van der Waals surface area contributed by atoms with Gasteiger partial charge in [0.2, 0.25) is 5.91 Å². The van der Waals surface area contributed by atoms with Crippen LogP contribution in [-0.2, 0) is 11.2 Å². The van der Waals surface area contributed by atoms with Crippen LogP contribution in [-0.4, -0.2) is 26.1 Å². The summed E-state index contributed by atoms with van der Waals surface area (Å²) in [5, 5.41) is 6.21. The van der Waals surface area contributed by atoms with Gasteiger partial charge in [0.05, 0.1) is 7.11 Å². The zero-order valence-corrected chi connectivity index (χ0v) is 16.6. The lowest BCUT2D eigenvalue weighted by Crippen LogP contribution is -2.23. The summed E-state index contributed by atoms with van der Waals surface area (Å²) in [5.41, 5.74) is 1.99.